The van der Waals surface area contributed by atoms with Gasteiger partial charge in [-0.05, 0) is 19.3 Å². The fourth-order valence-electron chi connectivity index (χ4n) is 2.27. The minimum atomic E-state index is 0.240. The summed E-state index contributed by atoms with van der Waals surface area (Å²) in [5.41, 5.74) is 6.03. The fourth-order valence-corrected chi connectivity index (χ4v) is 2.27. The van der Waals surface area contributed by atoms with Crippen LogP contribution in [-0.2, 0) is 0 Å². The van der Waals surface area contributed by atoms with E-state index in [1.807, 2.05) is 0 Å². The van der Waals surface area contributed by atoms with Gasteiger partial charge in [0.25, 0.3) is 0 Å². The molecule has 0 aliphatic heterocycles. The molecule has 0 bridgehead atoms. The third-order valence-electron chi connectivity index (χ3n) is 3.17. The van der Waals surface area contributed by atoms with Crippen molar-refractivity contribution in [1.29, 1.82) is 0 Å². The zero-order valence-corrected chi connectivity index (χ0v) is 9.60. The highest BCUT2D eigenvalue weighted by Gasteiger charge is 2.14. The van der Waals surface area contributed by atoms with Crippen LogP contribution in [0.4, 0.5) is 0 Å². The summed E-state index contributed by atoms with van der Waals surface area (Å²) in [6.07, 6.45) is 12.1. The molecule has 0 spiro atoms. The van der Waals surface area contributed by atoms with Crippen LogP contribution >= 0.6 is 0 Å². The molecule has 84 valence electrons. The molecule has 0 saturated heterocycles. The molecule has 0 radical (unpaired) electrons. The molecule has 1 saturated carbocycles. The predicted octanol–water partition coefficient (Wildman–Crippen LogP) is 2.77. The van der Waals surface area contributed by atoms with Crippen LogP contribution in [0.1, 0.15) is 64.7 Å². The molecule has 1 rings (SSSR count). The van der Waals surface area contributed by atoms with Gasteiger partial charge in [-0.1, -0.05) is 45.4 Å². The monoisotopic (exact) mass is 198 g/mol. The van der Waals surface area contributed by atoms with Crippen LogP contribution in [0.5, 0.6) is 0 Å². The SMILES string of the molecule is CCCCCC(N)NC1CCCCC1. The number of hydrogen-bond donors (Lipinski definition) is 2. The number of nitrogens with two attached hydrogens (primary N) is 1. The van der Waals surface area contributed by atoms with Crippen molar-refractivity contribution in [2.24, 2.45) is 5.73 Å². The quantitative estimate of drug-likeness (QED) is 0.509. The standard InChI is InChI=1S/C12H26N2/c1-2-3-5-10-12(13)14-11-8-6-4-7-9-11/h11-12,14H,2-10,13H2,1H3. The van der Waals surface area contributed by atoms with Gasteiger partial charge in [0, 0.05) is 6.04 Å². The lowest BCUT2D eigenvalue weighted by molar-refractivity contribution is 0.326. The van der Waals surface area contributed by atoms with Crippen molar-refractivity contribution in [3.05, 3.63) is 0 Å². The lowest BCUT2D eigenvalue weighted by Crippen LogP contribution is -2.44. The Kier molecular flexibility index (Phi) is 6.20. The van der Waals surface area contributed by atoms with E-state index in [4.69, 9.17) is 5.73 Å². The summed E-state index contributed by atoms with van der Waals surface area (Å²) in [5, 5.41) is 3.56. The number of rotatable bonds is 6. The van der Waals surface area contributed by atoms with Gasteiger partial charge in [-0.25, -0.2) is 0 Å². The largest absolute Gasteiger partial charge is 0.316 e. The number of hydrogen-bond acceptors (Lipinski definition) is 2. The summed E-state index contributed by atoms with van der Waals surface area (Å²) in [7, 11) is 0. The highest BCUT2D eigenvalue weighted by Crippen LogP contribution is 2.17. The summed E-state index contributed by atoms with van der Waals surface area (Å²) < 4.78 is 0. The van der Waals surface area contributed by atoms with E-state index in [9.17, 15) is 0 Å². The molecule has 0 amide bonds. The van der Waals surface area contributed by atoms with Gasteiger partial charge < -0.3 is 5.73 Å². The molecule has 1 aliphatic rings. The number of nitrogens with one attached hydrogen (secondary N) is 1. The predicted molar refractivity (Wildman–Crippen MR) is 62.1 cm³/mol. The molecule has 1 unspecified atom stereocenters. The Morgan fingerprint density at radius 3 is 2.57 bits per heavy atom. The molecule has 3 N–H and O–H groups in total. The van der Waals surface area contributed by atoms with Crippen molar-refractivity contribution >= 4 is 0 Å². The maximum absolute atomic E-state index is 6.03. The first-order chi connectivity index (χ1) is 6.83. The summed E-state index contributed by atoms with van der Waals surface area (Å²) in [5.74, 6) is 0. The fraction of sp³-hybridized carbons (Fsp3) is 1.00. The average molecular weight is 198 g/mol. The Balaban J connectivity index is 2.03. The van der Waals surface area contributed by atoms with Gasteiger partial charge in [0.1, 0.15) is 0 Å². The van der Waals surface area contributed by atoms with E-state index in [-0.39, 0.29) is 6.17 Å². The smallest absolute Gasteiger partial charge is 0.0548 e. The van der Waals surface area contributed by atoms with Crippen LogP contribution in [0.2, 0.25) is 0 Å². The van der Waals surface area contributed by atoms with Crippen LogP contribution < -0.4 is 11.1 Å². The van der Waals surface area contributed by atoms with E-state index < -0.39 is 0 Å². The van der Waals surface area contributed by atoms with Crippen molar-refractivity contribution in [3.8, 4) is 0 Å². The van der Waals surface area contributed by atoms with Gasteiger partial charge in [-0.3, -0.25) is 5.32 Å². The van der Waals surface area contributed by atoms with Crippen molar-refractivity contribution in [1.82, 2.24) is 5.32 Å². The van der Waals surface area contributed by atoms with E-state index in [1.165, 1.54) is 51.4 Å². The molecule has 1 atom stereocenters. The van der Waals surface area contributed by atoms with Crippen molar-refractivity contribution in [2.75, 3.05) is 0 Å². The normalized spacial score (nSPS) is 21.0. The van der Waals surface area contributed by atoms with E-state index in [2.05, 4.69) is 12.2 Å². The zero-order valence-electron chi connectivity index (χ0n) is 9.60. The summed E-state index contributed by atoms with van der Waals surface area (Å²) in [4.78, 5) is 0. The van der Waals surface area contributed by atoms with Crippen LogP contribution in [0, 0.1) is 0 Å². The second-order valence-electron chi connectivity index (χ2n) is 4.60. The highest BCUT2D eigenvalue weighted by atomic mass is 15.0. The van der Waals surface area contributed by atoms with E-state index in [0.29, 0.717) is 6.04 Å². The molecular weight excluding hydrogens is 172 g/mol. The first kappa shape index (κ1) is 12.0. The van der Waals surface area contributed by atoms with E-state index >= 15 is 0 Å². The average Bonchev–Trinajstić information content (AvgIpc) is 2.20. The molecule has 1 aliphatic carbocycles. The Bertz CT molecular complexity index is 130. The van der Waals surface area contributed by atoms with Gasteiger partial charge in [0.05, 0.1) is 6.17 Å². The minimum absolute atomic E-state index is 0.240. The maximum atomic E-state index is 6.03. The molecule has 0 aromatic carbocycles. The van der Waals surface area contributed by atoms with Crippen molar-refractivity contribution in [3.63, 3.8) is 0 Å². The van der Waals surface area contributed by atoms with Gasteiger partial charge in [0.15, 0.2) is 0 Å². The molecule has 2 nitrogen and oxygen atoms in total. The van der Waals surface area contributed by atoms with Crippen molar-refractivity contribution in [2.45, 2.75) is 76.9 Å². The summed E-state index contributed by atoms with van der Waals surface area (Å²) >= 11 is 0. The van der Waals surface area contributed by atoms with Gasteiger partial charge in [-0.2, -0.15) is 0 Å². The molecule has 0 aromatic heterocycles. The van der Waals surface area contributed by atoms with E-state index in [0.717, 1.165) is 6.42 Å². The summed E-state index contributed by atoms with van der Waals surface area (Å²) in [6, 6.07) is 0.709. The molecule has 14 heavy (non-hydrogen) atoms. The van der Waals surface area contributed by atoms with Gasteiger partial charge in [0.2, 0.25) is 0 Å². The third kappa shape index (κ3) is 4.97. The molecule has 0 heterocycles. The lowest BCUT2D eigenvalue weighted by Gasteiger charge is -2.26. The van der Waals surface area contributed by atoms with Crippen LogP contribution in [0.25, 0.3) is 0 Å². The Hall–Kier alpha value is -0.0800. The molecule has 0 aromatic rings. The van der Waals surface area contributed by atoms with Gasteiger partial charge >= 0.3 is 0 Å². The van der Waals surface area contributed by atoms with Gasteiger partial charge in [-0.15, -0.1) is 0 Å². The lowest BCUT2D eigenvalue weighted by atomic mass is 9.95. The van der Waals surface area contributed by atoms with Crippen LogP contribution in [0.15, 0.2) is 0 Å². The second kappa shape index (κ2) is 7.24. The van der Waals surface area contributed by atoms with E-state index in [1.54, 1.807) is 0 Å². The zero-order chi connectivity index (χ0) is 10.2. The topological polar surface area (TPSA) is 38.0 Å². The minimum Gasteiger partial charge on any atom is -0.316 e. The van der Waals surface area contributed by atoms with Crippen LogP contribution in [-0.4, -0.2) is 12.2 Å². The Morgan fingerprint density at radius 1 is 1.21 bits per heavy atom. The number of unbranched alkanes of at least 4 members (excludes halogenated alkanes) is 2. The second-order valence-corrected chi connectivity index (χ2v) is 4.60. The Morgan fingerprint density at radius 2 is 1.93 bits per heavy atom. The van der Waals surface area contributed by atoms with Crippen LogP contribution in [0.3, 0.4) is 0 Å². The summed E-state index contributed by atoms with van der Waals surface area (Å²) in [6.45, 7) is 2.24. The molecule has 1 fully saturated rings. The third-order valence-corrected chi connectivity index (χ3v) is 3.17. The molecular formula is C12H26N2. The van der Waals surface area contributed by atoms with Crippen molar-refractivity contribution < 1.29 is 0 Å². The molecule has 2 heteroatoms. The first-order valence-electron chi connectivity index (χ1n) is 6.34. The first-order valence-corrected chi connectivity index (χ1v) is 6.34. The Labute approximate surface area is 88.6 Å². The maximum Gasteiger partial charge on any atom is 0.0548 e. The highest BCUT2D eigenvalue weighted by molar-refractivity contribution is 4.74.